The second-order valence-electron chi connectivity index (χ2n) is 6.37. The quantitative estimate of drug-likeness (QED) is 0.629. The summed E-state index contributed by atoms with van der Waals surface area (Å²) < 4.78 is 2.16. The first-order valence-corrected chi connectivity index (χ1v) is 7.86. The third kappa shape index (κ3) is 1.91. The van der Waals surface area contributed by atoms with Crippen molar-refractivity contribution in [3.05, 3.63) is 71.6 Å². The van der Waals surface area contributed by atoms with Gasteiger partial charge in [-0.05, 0) is 49.6 Å². The Morgan fingerprint density at radius 2 is 1.91 bits per heavy atom. The molecule has 2 heteroatoms. The molecule has 0 amide bonds. The number of hydrogen-bond donors (Lipinski definition) is 0. The lowest BCUT2D eigenvalue weighted by Crippen LogP contribution is -2.07. The van der Waals surface area contributed by atoms with Gasteiger partial charge in [-0.3, -0.25) is 0 Å². The van der Waals surface area contributed by atoms with Crippen LogP contribution in [0.3, 0.4) is 0 Å². The van der Waals surface area contributed by atoms with Crippen LogP contribution in [0.15, 0.2) is 54.6 Å². The van der Waals surface area contributed by atoms with Gasteiger partial charge in [0.2, 0.25) is 0 Å². The van der Waals surface area contributed by atoms with E-state index < -0.39 is 0 Å². The van der Waals surface area contributed by atoms with E-state index in [2.05, 4.69) is 67.6 Å². The fourth-order valence-electron chi connectivity index (χ4n) is 3.58. The Hall–Kier alpha value is -2.35. The maximum atomic E-state index is 4.83. The summed E-state index contributed by atoms with van der Waals surface area (Å²) in [4.78, 5) is 0. The standard InChI is InChI=1S/C20H20N2/c1-13(2)16-11-18-14(3)21-22(20(18)12-16)19-10-6-8-15-7-4-5-9-17(15)19/h4-10,16H,1,11-12H2,2-3H3/t16-/m1/s1. The molecule has 2 aromatic carbocycles. The summed E-state index contributed by atoms with van der Waals surface area (Å²) in [5, 5.41) is 7.35. The number of aromatic nitrogens is 2. The van der Waals surface area contributed by atoms with Crippen molar-refractivity contribution in [2.75, 3.05) is 0 Å². The van der Waals surface area contributed by atoms with Crippen LogP contribution in [0, 0.1) is 12.8 Å². The predicted octanol–water partition coefficient (Wildman–Crippen LogP) is 4.62. The van der Waals surface area contributed by atoms with E-state index in [1.54, 1.807) is 0 Å². The maximum Gasteiger partial charge on any atom is 0.0727 e. The van der Waals surface area contributed by atoms with Gasteiger partial charge in [-0.2, -0.15) is 5.10 Å². The van der Waals surface area contributed by atoms with Crippen molar-refractivity contribution in [2.24, 2.45) is 5.92 Å². The van der Waals surface area contributed by atoms with E-state index in [9.17, 15) is 0 Å². The van der Waals surface area contributed by atoms with Crippen LogP contribution in [0.25, 0.3) is 16.5 Å². The molecule has 1 heterocycles. The third-order valence-corrected chi connectivity index (χ3v) is 4.87. The SMILES string of the molecule is C=C(C)[C@@H]1Cc2c(C)nn(-c3cccc4ccccc34)c2C1. The molecule has 0 N–H and O–H groups in total. The van der Waals surface area contributed by atoms with Crippen molar-refractivity contribution in [1.29, 1.82) is 0 Å². The Bertz CT molecular complexity index is 881. The first-order chi connectivity index (χ1) is 10.6. The Morgan fingerprint density at radius 1 is 1.14 bits per heavy atom. The summed E-state index contributed by atoms with van der Waals surface area (Å²) in [7, 11) is 0. The number of allylic oxidation sites excluding steroid dienone is 1. The molecule has 3 aromatic rings. The zero-order valence-corrected chi connectivity index (χ0v) is 13.1. The van der Waals surface area contributed by atoms with Crippen LogP contribution in [-0.4, -0.2) is 9.78 Å². The minimum atomic E-state index is 0.563. The molecule has 2 nitrogen and oxygen atoms in total. The molecule has 1 aliphatic carbocycles. The van der Waals surface area contributed by atoms with E-state index in [0.717, 1.165) is 18.5 Å². The molecule has 0 saturated heterocycles. The van der Waals surface area contributed by atoms with Crippen molar-refractivity contribution >= 4 is 10.8 Å². The molecule has 0 bridgehead atoms. The van der Waals surface area contributed by atoms with Gasteiger partial charge in [0.15, 0.2) is 0 Å². The van der Waals surface area contributed by atoms with Crippen LogP contribution < -0.4 is 0 Å². The van der Waals surface area contributed by atoms with Crippen LogP contribution in [0.5, 0.6) is 0 Å². The van der Waals surface area contributed by atoms with Gasteiger partial charge in [-0.1, -0.05) is 48.6 Å². The molecule has 0 spiro atoms. The monoisotopic (exact) mass is 288 g/mol. The maximum absolute atomic E-state index is 4.83. The summed E-state index contributed by atoms with van der Waals surface area (Å²) >= 11 is 0. The molecule has 4 rings (SSSR count). The van der Waals surface area contributed by atoms with Crippen LogP contribution in [0.1, 0.15) is 23.9 Å². The highest BCUT2D eigenvalue weighted by atomic mass is 15.3. The Labute approximate surface area is 131 Å². The van der Waals surface area contributed by atoms with Crippen LogP contribution >= 0.6 is 0 Å². The average Bonchev–Trinajstić information content (AvgIpc) is 3.08. The van der Waals surface area contributed by atoms with Gasteiger partial charge in [0.25, 0.3) is 0 Å². The first kappa shape index (κ1) is 13.3. The minimum absolute atomic E-state index is 0.563. The highest BCUT2D eigenvalue weighted by Crippen LogP contribution is 2.35. The number of benzene rings is 2. The zero-order chi connectivity index (χ0) is 15.3. The van der Waals surface area contributed by atoms with Crippen molar-refractivity contribution in [1.82, 2.24) is 9.78 Å². The molecular formula is C20H20N2. The van der Waals surface area contributed by atoms with Crippen molar-refractivity contribution in [3.63, 3.8) is 0 Å². The van der Waals surface area contributed by atoms with E-state index in [0.29, 0.717) is 5.92 Å². The highest BCUT2D eigenvalue weighted by Gasteiger charge is 2.29. The second kappa shape index (κ2) is 4.84. The largest absolute Gasteiger partial charge is 0.237 e. The van der Waals surface area contributed by atoms with Gasteiger partial charge in [-0.15, -0.1) is 0 Å². The smallest absolute Gasteiger partial charge is 0.0727 e. The third-order valence-electron chi connectivity index (χ3n) is 4.87. The van der Waals surface area contributed by atoms with Crippen LogP contribution in [0.4, 0.5) is 0 Å². The normalized spacial score (nSPS) is 16.9. The number of hydrogen-bond acceptors (Lipinski definition) is 1. The molecule has 0 fully saturated rings. The second-order valence-corrected chi connectivity index (χ2v) is 6.37. The van der Waals surface area contributed by atoms with E-state index in [1.165, 1.54) is 33.3 Å². The van der Waals surface area contributed by atoms with Crippen molar-refractivity contribution < 1.29 is 0 Å². The lowest BCUT2D eigenvalue weighted by molar-refractivity contribution is 0.632. The van der Waals surface area contributed by atoms with Gasteiger partial charge >= 0.3 is 0 Å². The van der Waals surface area contributed by atoms with Crippen LogP contribution in [0.2, 0.25) is 0 Å². The highest BCUT2D eigenvalue weighted by molar-refractivity contribution is 5.90. The summed E-state index contributed by atoms with van der Waals surface area (Å²) in [6.07, 6.45) is 2.13. The van der Waals surface area contributed by atoms with E-state index in [4.69, 9.17) is 5.10 Å². The molecule has 0 aliphatic heterocycles. The minimum Gasteiger partial charge on any atom is -0.237 e. The lowest BCUT2D eigenvalue weighted by Gasteiger charge is -2.12. The number of rotatable bonds is 2. The summed E-state index contributed by atoms with van der Waals surface area (Å²) in [6, 6.07) is 15.0. The van der Waals surface area contributed by atoms with Crippen molar-refractivity contribution in [3.8, 4) is 5.69 Å². The lowest BCUT2D eigenvalue weighted by atomic mass is 9.99. The molecule has 22 heavy (non-hydrogen) atoms. The van der Waals surface area contributed by atoms with E-state index in [-0.39, 0.29) is 0 Å². The molecule has 1 aliphatic rings. The zero-order valence-electron chi connectivity index (χ0n) is 13.1. The molecule has 110 valence electrons. The fraction of sp³-hybridized carbons (Fsp3) is 0.250. The van der Waals surface area contributed by atoms with Crippen LogP contribution in [-0.2, 0) is 12.8 Å². The Balaban J connectivity index is 1.91. The van der Waals surface area contributed by atoms with Gasteiger partial charge in [0.05, 0.1) is 11.4 Å². The summed E-state index contributed by atoms with van der Waals surface area (Å²) in [5.74, 6) is 0.563. The molecule has 1 atom stereocenters. The number of nitrogens with zero attached hydrogens (tertiary/aromatic N) is 2. The Morgan fingerprint density at radius 3 is 2.73 bits per heavy atom. The molecule has 1 aromatic heterocycles. The van der Waals surface area contributed by atoms with E-state index in [1.807, 2.05) is 0 Å². The topological polar surface area (TPSA) is 17.8 Å². The van der Waals surface area contributed by atoms with Gasteiger partial charge in [0.1, 0.15) is 0 Å². The fourth-order valence-corrected chi connectivity index (χ4v) is 3.58. The first-order valence-electron chi connectivity index (χ1n) is 7.86. The average molecular weight is 288 g/mol. The molecule has 0 saturated carbocycles. The van der Waals surface area contributed by atoms with E-state index >= 15 is 0 Å². The number of aryl methyl sites for hydroxylation is 1. The van der Waals surface area contributed by atoms with Gasteiger partial charge < -0.3 is 0 Å². The molecular weight excluding hydrogens is 268 g/mol. The summed E-state index contributed by atoms with van der Waals surface area (Å²) in [6.45, 7) is 8.42. The van der Waals surface area contributed by atoms with Gasteiger partial charge in [0, 0.05) is 11.1 Å². The molecule has 0 unspecified atom stereocenters. The summed E-state index contributed by atoms with van der Waals surface area (Å²) in [5.41, 5.74) is 6.40. The van der Waals surface area contributed by atoms with Gasteiger partial charge in [-0.25, -0.2) is 4.68 Å². The van der Waals surface area contributed by atoms with Crippen molar-refractivity contribution in [2.45, 2.75) is 26.7 Å². The predicted molar refractivity (Wildman–Crippen MR) is 91.5 cm³/mol. The molecule has 0 radical (unpaired) electrons. The Kier molecular flexibility index (Phi) is 2.93. The number of fused-ring (bicyclic) bond motifs is 2.